The van der Waals surface area contributed by atoms with Gasteiger partial charge in [0.05, 0.1) is 12.5 Å². The molecule has 0 aliphatic carbocycles. The van der Waals surface area contributed by atoms with Crippen molar-refractivity contribution >= 4 is 26.3 Å². The minimum Gasteiger partial charge on any atom is -0.462 e. The zero-order valence-electron chi connectivity index (χ0n) is 22.7. The molecule has 1 unspecified atom stereocenters. The van der Waals surface area contributed by atoms with Gasteiger partial charge in [-0.15, -0.1) is 0 Å². The molecule has 2 aliphatic rings. The van der Waals surface area contributed by atoms with Gasteiger partial charge in [0.15, 0.2) is 8.32 Å². The van der Waals surface area contributed by atoms with Crippen molar-refractivity contribution in [2.75, 3.05) is 0 Å². The fourth-order valence-corrected chi connectivity index (χ4v) is 5.52. The summed E-state index contributed by atoms with van der Waals surface area (Å²) < 4.78 is 24.2. The van der Waals surface area contributed by atoms with Crippen LogP contribution in [0.2, 0.25) is 18.1 Å². The Balaban J connectivity index is 1.98. The molecule has 1 saturated heterocycles. The molecule has 6 nitrogen and oxygen atoms in total. The van der Waals surface area contributed by atoms with Crippen LogP contribution in [0.25, 0.3) is 6.08 Å². The molecule has 0 saturated carbocycles. The molecular formula is C28H42O6Si. The zero-order chi connectivity index (χ0) is 26.1. The van der Waals surface area contributed by atoms with Crippen molar-refractivity contribution in [3.05, 3.63) is 40.9 Å². The van der Waals surface area contributed by atoms with Crippen LogP contribution in [-0.4, -0.2) is 32.5 Å². The second kappa shape index (κ2) is 10.5. The molecule has 2 aliphatic heterocycles. The lowest BCUT2D eigenvalue weighted by Crippen LogP contribution is -2.40. The van der Waals surface area contributed by atoms with Gasteiger partial charge in [0.25, 0.3) is 0 Å². The highest BCUT2D eigenvalue weighted by molar-refractivity contribution is 6.74. The van der Waals surface area contributed by atoms with E-state index in [9.17, 15) is 9.59 Å². The van der Waals surface area contributed by atoms with E-state index in [2.05, 4.69) is 46.5 Å². The maximum absolute atomic E-state index is 12.7. The lowest BCUT2D eigenvalue weighted by molar-refractivity contribution is -0.156. The van der Waals surface area contributed by atoms with Gasteiger partial charge in [-0.05, 0) is 56.5 Å². The smallest absolute Gasteiger partial charge is 0.313 e. The molecule has 1 aromatic heterocycles. The number of fused-ring (bicyclic) bond motifs is 4. The predicted octanol–water partition coefficient (Wildman–Crippen LogP) is 6.60. The van der Waals surface area contributed by atoms with E-state index in [1.165, 1.54) is 6.92 Å². The summed E-state index contributed by atoms with van der Waals surface area (Å²) in [6.45, 7) is 21.3. The van der Waals surface area contributed by atoms with Crippen molar-refractivity contribution in [1.82, 2.24) is 0 Å². The average Bonchev–Trinajstić information content (AvgIpc) is 3.25. The third-order valence-electron chi connectivity index (χ3n) is 7.76. The largest absolute Gasteiger partial charge is 0.462 e. The molecule has 0 spiro atoms. The predicted molar refractivity (Wildman–Crippen MR) is 139 cm³/mol. The summed E-state index contributed by atoms with van der Waals surface area (Å²) in [4.78, 5) is 24.7. The van der Waals surface area contributed by atoms with E-state index in [1.807, 2.05) is 19.9 Å². The van der Waals surface area contributed by atoms with Crippen LogP contribution < -0.4 is 0 Å². The lowest BCUT2D eigenvalue weighted by Gasteiger charge is -2.36. The first-order valence-electron chi connectivity index (χ1n) is 12.6. The second-order valence-electron chi connectivity index (χ2n) is 11.9. The molecule has 0 N–H and O–H groups in total. The minimum atomic E-state index is -1.95. The van der Waals surface area contributed by atoms with Gasteiger partial charge >= 0.3 is 11.9 Å². The number of hydrogen-bond donors (Lipinski definition) is 0. The van der Waals surface area contributed by atoms with E-state index in [1.54, 1.807) is 0 Å². The summed E-state index contributed by atoms with van der Waals surface area (Å²) in [5.41, 5.74) is 3.07. The highest BCUT2D eigenvalue weighted by Gasteiger charge is 2.43. The Morgan fingerprint density at radius 2 is 1.89 bits per heavy atom. The van der Waals surface area contributed by atoms with Crippen LogP contribution in [0.1, 0.15) is 77.9 Å². The summed E-state index contributed by atoms with van der Waals surface area (Å²) in [5.74, 6) is 0.478. The monoisotopic (exact) mass is 502 g/mol. The summed E-state index contributed by atoms with van der Waals surface area (Å²) >= 11 is 0. The maximum Gasteiger partial charge on any atom is 0.313 e. The molecule has 0 amide bonds. The molecule has 4 bridgehead atoms. The molecule has 0 aromatic carbocycles. The van der Waals surface area contributed by atoms with E-state index >= 15 is 0 Å². The highest BCUT2D eigenvalue weighted by Crippen LogP contribution is 2.39. The minimum absolute atomic E-state index is 0.0253. The normalized spacial score (nSPS) is 27.1. The van der Waals surface area contributed by atoms with Crippen LogP contribution in [0.3, 0.4) is 0 Å². The summed E-state index contributed by atoms with van der Waals surface area (Å²) in [6, 6.07) is 2.07. The molecule has 7 heteroatoms. The number of allylic oxidation sites excluding steroid dienone is 1. The first-order chi connectivity index (χ1) is 16.2. The molecule has 35 heavy (non-hydrogen) atoms. The summed E-state index contributed by atoms with van der Waals surface area (Å²) in [7, 11) is -1.95. The van der Waals surface area contributed by atoms with Crippen molar-refractivity contribution in [3.8, 4) is 0 Å². The summed E-state index contributed by atoms with van der Waals surface area (Å²) in [5, 5.41) is 0.108. The Morgan fingerprint density at radius 1 is 1.20 bits per heavy atom. The Labute approximate surface area is 211 Å². The van der Waals surface area contributed by atoms with Crippen molar-refractivity contribution in [2.24, 2.45) is 11.8 Å². The van der Waals surface area contributed by atoms with Gasteiger partial charge < -0.3 is 18.3 Å². The summed E-state index contributed by atoms with van der Waals surface area (Å²) in [6.07, 6.45) is 3.48. The highest BCUT2D eigenvalue weighted by atomic mass is 28.4. The van der Waals surface area contributed by atoms with Crippen LogP contribution in [0, 0.1) is 11.8 Å². The molecule has 194 valence electrons. The van der Waals surface area contributed by atoms with Gasteiger partial charge in [0, 0.05) is 31.7 Å². The number of carbonyl (C=O) groups is 2. The van der Waals surface area contributed by atoms with Crippen molar-refractivity contribution in [2.45, 2.75) is 104 Å². The van der Waals surface area contributed by atoms with Gasteiger partial charge in [0.2, 0.25) is 0 Å². The molecular weight excluding hydrogens is 460 g/mol. The van der Waals surface area contributed by atoms with E-state index in [-0.39, 0.29) is 23.0 Å². The van der Waals surface area contributed by atoms with Crippen LogP contribution in [0.15, 0.2) is 28.2 Å². The van der Waals surface area contributed by atoms with Crippen LogP contribution in [0.5, 0.6) is 0 Å². The Morgan fingerprint density at radius 3 is 2.49 bits per heavy atom. The molecule has 1 fully saturated rings. The molecule has 3 heterocycles. The number of furan rings is 1. The van der Waals surface area contributed by atoms with E-state index in [0.717, 1.165) is 28.2 Å². The maximum atomic E-state index is 12.7. The number of rotatable bonds is 5. The Bertz CT molecular complexity index is 996. The van der Waals surface area contributed by atoms with Crippen LogP contribution >= 0.6 is 0 Å². The zero-order valence-corrected chi connectivity index (χ0v) is 23.7. The number of esters is 2. The van der Waals surface area contributed by atoms with Crippen LogP contribution in [-0.2, 0) is 36.5 Å². The third kappa shape index (κ3) is 6.76. The molecule has 3 rings (SSSR count). The van der Waals surface area contributed by atoms with E-state index < -0.39 is 26.3 Å². The van der Waals surface area contributed by atoms with E-state index in [4.69, 9.17) is 18.3 Å². The Kier molecular flexibility index (Phi) is 8.22. The SMILES string of the molecule is C=C(C)[C@@H]1Cc2oc(cc2CO[Si](C)(C)C(C)(C)C)/C=C(\C)C[C@@H]2CC(C(=O)O2)[C@@H](OC(C)=O)C1. The number of carbonyl (C=O) groups excluding carboxylic acids is 2. The lowest BCUT2D eigenvalue weighted by atomic mass is 9.84. The van der Waals surface area contributed by atoms with Gasteiger partial charge in [-0.1, -0.05) is 38.5 Å². The van der Waals surface area contributed by atoms with Gasteiger partial charge in [0.1, 0.15) is 23.7 Å². The van der Waals surface area contributed by atoms with Gasteiger partial charge in [-0.3, -0.25) is 9.59 Å². The topological polar surface area (TPSA) is 75.0 Å². The third-order valence-corrected chi connectivity index (χ3v) is 12.2. The van der Waals surface area contributed by atoms with Crippen molar-refractivity contribution in [3.63, 3.8) is 0 Å². The van der Waals surface area contributed by atoms with Crippen molar-refractivity contribution < 1.29 is 27.9 Å². The Hall–Kier alpha value is -2.12. The van der Waals surface area contributed by atoms with Crippen molar-refractivity contribution in [1.29, 1.82) is 0 Å². The molecule has 0 radical (unpaired) electrons. The molecule has 1 aromatic rings. The fraction of sp³-hybridized carbons (Fsp3) is 0.643. The average molecular weight is 503 g/mol. The van der Waals surface area contributed by atoms with Crippen LogP contribution in [0.4, 0.5) is 0 Å². The van der Waals surface area contributed by atoms with Gasteiger partial charge in [-0.2, -0.15) is 0 Å². The number of hydrogen-bond acceptors (Lipinski definition) is 6. The second-order valence-corrected chi connectivity index (χ2v) is 16.7. The molecule has 4 atom stereocenters. The first-order valence-corrected chi connectivity index (χ1v) is 15.5. The quantitative estimate of drug-likeness (QED) is 0.257. The fourth-order valence-electron chi connectivity index (χ4n) is 4.57. The number of ether oxygens (including phenoxy) is 2. The first kappa shape index (κ1) is 27.5. The standard InChI is InChI=1S/C28H42O6Si/c1-17(2)20-13-25-21(16-31-35(8,9)28(5,6)7)12-22(33-25)10-18(3)11-23-15-24(27(30)34-23)26(14-20)32-19(4)29/h10,12,20,23-24,26H,1,11,13-16H2,2-9H3/b18-10+/t20-,23-,24?,26+/m1/s1. The van der Waals surface area contributed by atoms with E-state index in [0.29, 0.717) is 32.3 Å². The van der Waals surface area contributed by atoms with Gasteiger partial charge in [-0.25, -0.2) is 0 Å².